The number of carbonyl (C=O) groups excluding carboxylic acids is 1. The van der Waals surface area contributed by atoms with Gasteiger partial charge in [0.15, 0.2) is 0 Å². The highest BCUT2D eigenvalue weighted by molar-refractivity contribution is 5.69. The van der Waals surface area contributed by atoms with E-state index in [1.54, 1.807) is 0 Å². The van der Waals surface area contributed by atoms with Crippen LogP contribution in [0, 0.1) is 23.7 Å². The van der Waals surface area contributed by atoms with Gasteiger partial charge in [0.1, 0.15) is 0 Å². The Balaban J connectivity index is 3.62. The van der Waals surface area contributed by atoms with Gasteiger partial charge in [-0.25, -0.2) is 0 Å². The zero-order valence-electron chi connectivity index (χ0n) is 11.3. The van der Waals surface area contributed by atoms with E-state index in [2.05, 4.69) is 35.3 Å². The Morgan fingerprint density at radius 1 is 1.22 bits per heavy atom. The van der Waals surface area contributed by atoms with Crippen molar-refractivity contribution in [3.8, 4) is 23.7 Å². The summed E-state index contributed by atoms with van der Waals surface area (Å²) in [5, 5.41) is 9.41. The summed E-state index contributed by atoms with van der Waals surface area (Å²) in [6.07, 6.45) is 4.56. The van der Waals surface area contributed by atoms with Crippen LogP contribution < -0.4 is 0 Å². The molecule has 0 bridgehead atoms. The summed E-state index contributed by atoms with van der Waals surface area (Å²) >= 11 is 0. The molecule has 0 rings (SSSR count). The smallest absolute Gasteiger partial charge is 0.308 e. The van der Waals surface area contributed by atoms with E-state index in [4.69, 9.17) is 0 Å². The maximum Gasteiger partial charge on any atom is 0.308 e. The minimum Gasteiger partial charge on any atom is -0.469 e. The maximum atomic E-state index is 10.8. The van der Waals surface area contributed by atoms with Crippen molar-refractivity contribution >= 4 is 5.97 Å². The molecule has 3 heteroatoms. The number of ether oxygens (including phenoxy) is 1. The fourth-order valence-electron chi connectivity index (χ4n) is 1.26. The molecular weight excluding hydrogens is 228 g/mol. The summed E-state index contributed by atoms with van der Waals surface area (Å²) in [6.45, 7) is 2.17. The Labute approximate surface area is 110 Å². The Hall–Kier alpha value is -1.45. The van der Waals surface area contributed by atoms with Crippen LogP contribution in [-0.2, 0) is 9.53 Å². The van der Waals surface area contributed by atoms with Gasteiger partial charge in [0, 0.05) is 12.8 Å². The van der Waals surface area contributed by atoms with Gasteiger partial charge in [0.25, 0.3) is 0 Å². The minimum atomic E-state index is -0.748. The summed E-state index contributed by atoms with van der Waals surface area (Å²) in [7, 11) is 1.30. The first-order valence-electron chi connectivity index (χ1n) is 6.37. The molecule has 0 aromatic carbocycles. The highest BCUT2D eigenvalue weighted by atomic mass is 16.5. The van der Waals surface area contributed by atoms with Crippen LogP contribution in [-0.4, -0.2) is 24.3 Å². The van der Waals surface area contributed by atoms with E-state index in [0.29, 0.717) is 6.42 Å². The fraction of sp³-hybridized carbons (Fsp3) is 0.667. The first-order chi connectivity index (χ1) is 8.70. The molecule has 1 N–H and O–H groups in total. The highest BCUT2D eigenvalue weighted by Crippen LogP contribution is 1.98. The summed E-state index contributed by atoms with van der Waals surface area (Å²) in [5.41, 5.74) is 0. The third-order valence-electron chi connectivity index (χ3n) is 2.30. The number of aliphatic hydroxyl groups is 1. The lowest BCUT2D eigenvalue weighted by molar-refractivity contribution is -0.142. The Kier molecular flexibility index (Phi) is 11.1. The van der Waals surface area contributed by atoms with Gasteiger partial charge in [0.2, 0.25) is 0 Å². The standard InChI is InChI=1S/C15H22O3/c1-3-4-5-6-7-8-9-10-11-12-14(16)13-15(17)18-2/h14,16H,3-6,9,12-13H2,1-2H3/t14-/m1/s1. The van der Waals surface area contributed by atoms with Gasteiger partial charge in [-0.1, -0.05) is 37.5 Å². The molecule has 1 atom stereocenters. The molecule has 0 aliphatic carbocycles. The molecule has 0 radical (unpaired) electrons. The molecule has 0 aliphatic rings. The number of rotatable bonds is 6. The predicted molar refractivity (Wildman–Crippen MR) is 71.6 cm³/mol. The largest absolute Gasteiger partial charge is 0.469 e. The van der Waals surface area contributed by atoms with E-state index in [-0.39, 0.29) is 12.8 Å². The zero-order valence-corrected chi connectivity index (χ0v) is 11.3. The van der Waals surface area contributed by atoms with Crippen LogP contribution in [0.3, 0.4) is 0 Å². The van der Waals surface area contributed by atoms with E-state index < -0.39 is 12.1 Å². The SMILES string of the molecule is CCCCCC#CCC#CC[C@@H](O)CC(=O)OC. The van der Waals surface area contributed by atoms with E-state index in [1.807, 2.05) is 0 Å². The third kappa shape index (κ3) is 11.0. The number of hydrogen-bond acceptors (Lipinski definition) is 3. The predicted octanol–water partition coefficient (Wildman–Crippen LogP) is 2.28. The van der Waals surface area contributed by atoms with Crippen molar-refractivity contribution in [2.75, 3.05) is 7.11 Å². The molecule has 0 heterocycles. The number of methoxy groups -OCH3 is 1. The van der Waals surface area contributed by atoms with Crippen LogP contribution in [0.1, 0.15) is 51.9 Å². The Morgan fingerprint density at radius 3 is 2.61 bits per heavy atom. The third-order valence-corrected chi connectivity index (χ3v) is 2.30. The van der Waals surface area contributed by atoms with Crippen molar-refractivity contribution in [3.63, 3.8) is 0 Å². The van der Waals surface area contributed by atoms with Crippen molar-refractivity contribution in [3.05, 3.63) is 0 Å². The molecule has 0 aromatic rings. The van der Waals surface area contributed by atoms with E-state index in [1.165, 1.54) is 20.0 Å². The van der Waals surface area contributed by atoms with Crippen molar-refractivity contribution < 1.29 is 14.6 Å². The quantitative estimate of drug-likeness (QED) is 0.447. The summed E-state index contributed by atoms with van der Waals surface area (Å²) in [4.78, 5) is 10.8. The zero-order chi connectivity index (χ0) is 13.6. The van der Waals surface area contributed by atoms with Crippen molar-refractivity contribution in [2.24, 2.45) is 0 Å². The van der Waals surface area contributed by atoms with Gasteiger partial charge in [0.05, 0.1) is 26.1 Å². The topological polar surface area (TPSA) is 46.5 Å². The fourth-order valence-corrected chi connectivity index (χ4v) is 1.26. The van der Waals surface area contributed by atoms with Gasteiger partial charge in [-0.15, -0.1) is 5.92 Å². The van der Waals surface area contributed by atoms with E-state index >= 15 is 0 Å². The minimum absolute atomic E-state index is 0.00608. The van der Waals surface area contributed by atoms with Crippen LogP contribution in [0.2, 0.25) is 0 Å². The summed E-state index contributed by atoms with van der Waals surface area (Å²) in [5.74, 6) is 11.3. The van der Waals surface area contributed by atoms with E-state index in [0.717, 1.165) is 12.8 Å². The second-order valence-corrected chi connectivity index (χ2v) is 3.98. The molecule has 18 heavy (non-hydrogen) atoms. The molecule has 3 nitrogen and oxygen atoms in total. The van der Waals surface area contributed by atoms with Gasteiger partial charge < -0.3 is 9.84 Å². The molecule has 0 spiro atoms. The average molecular weight is 250 g/mol. The second kappa shape index (κ2) is 12.0. The number of hydrogen-bond donors (Lipinski definition) is 1. The van der Waals surface area contributed by atoms with Crippen molar-refractivity contribution in [1.82, 2.24) is 0 Å². The summed E-state index contributed by atoms with van der Waals surface area (Å²) in [6, 6.07) is 0. The maximum absolute atomic E-state index is 10.8. The van der Waals surface area contributed by atoms with Crippen molar-refractivity contribution in [1.29, 1.82) is 0 Å². The number of unbranched alkanes of at least 4 members (excludes halogenated alkanes) is 3. The highest BCUT2D eigenvalue weighted by Gasteiger charge is 2.08. The molecule has 100 valence electrons. The van der Waals surface area contributed by atoms with Gasteiger partial charge in [-0.05, 0) is 6.42 Å². The number of aliphatic hydroxyl groups excluding tert-OH is 1. The molecular formula is C15H22O3. The van der Waals surface area contributed by atoms with Gasteiger partial charge in [-0.3, -0.25) is 4.79 Å². The Bertz CT molecular complexity index is 338. The van der Waals surface area contributed by atoms with Gasteiger partial charge >= 0.3 is 5.97 Å². The van der Waals surface area contributed by atoms with Crippen LogP contribution in [0.5, 0.6) is 0 Å². The summed E-state index contributed by atoms with van der Waals surface area (Å²) < 4.78 is 4.44. The molecule has 0 saturated carbocycles. The molecule has 0 amide bonds. The van der Waals surface area contributed by atoms with Crippen LogP contribution in [0.25, 0.3) is 0 Å². The molecule has 0 aromatic heterocycles. The molecule has 0 saturated heterocycles. The lowest BCUT2D eigenvalue weighted by Gasteiger charge is -2.03. The van der Waals surface area contributed by atoms with Crippen LogP contribution in [0.4, 0.5) is 0 Å². The Morgan fingerprint density at radius 2 is 1.94 bits per heavy atom. The second-order valence-electron chi connectivity index (χ2n) is 3.98. The van der Waals surface area contributed by atoms with Gasteiger partial charge in [-0.2, -0.15) is 0 Å². The normalized spacial score (nSPS) is 10.6. The molecule has 0 aliphatic heterocycles. The number of carbonyl (C=O) groups is 1. The van der Waals surface area contributed by atoms with E-state index in [9.17, 15) is 9.90 Å². The first kappa shape index (κ1) is 16.6. The van der Waals surface area contributed by atoms with Crippen LogP contribution >= 0.6 is 0 Å². The number of esters is 1. The average Bonchev–Trinajstić information content (AvgIpc) is 2.36. The lowest BCUT2D eigenvalue weighted by atomic mass is 10.2. The lowest BCUT2D eigenvalue weighted by Crippen LogP contribution is -2.13. The van der Waals surface area contributed by atoms with Crippen LogP contribution in [0.15, 0.2) is 0 Å². The first-order valence-corrected chi connectivity index (χ1v) is 6.37. The molecule has 0 unspecified atom stereocenters. The monoisotopic (exact) mass is 250 g/mol. The molecule has 0 fully saturated rings. The van der Waals surface area contributed by atoms with Crippen molar-refractivity contribution in [2.45, 2.75) is 58.0 Å².